The van der Waals surface area contributed by atoms with Crippen LogP contribution in [0, 0.1) is 23.4 Å². The van der Waals surface area contributed by atoms with E-state index in [4.69, 9.17) is 0 Å². The third kappa shape index (κ3) is 4.32. The quantitative estimate of drug-likeness (QED) is 0.806. The van der Waals surface area contributed by atoms with Crippen LogP contribution >= 0.6 is 24.8 Å². The van der Waals surface area contributed by atoms with Crippen LogP contribution in [0.4, 0.5) is 13.2 Å². The second kappa shape index (κ2) is 9.11. The minimum atomic E-state index is -1.34. The van der Waals surface area contributed by atoms with E-state index in [-0.39, 0.29) is 30.9 Å². The van der Waals surface area contributed by atoms with Crippen LogP contribution in [0.5, 0.6) is 0 Å². The standard InChI is InChI=1S/C16H21F3N2.2ClH/c17-13-6-5-12(14(18)15(13)19)16(11-3-1-2-4-11)21-9-7-20-8-10-21;;/h5-6,11,16,20H,1-4,7-10H2;2*1H/t16-;;/m1../s1. The van der Waals surface area contributed by atoms with Gasteiger partial charge in [-0.3, -0.25) is 4.90 Å². The van der Waals surface area contributed by atoms with Gasteiger partial charge in [-0.25, -0.2) is 13.2 Å². The van der Waals surface area contributed by atoms with Crippen molar-refractivity contribution in [3.63, 3.8) is 0 Å². The Balaban J connectivity index is 0.00000132. The smallest absolute Gasteiger partial charge is 0.194 e. The Bertz CT molecular complexity index is 504. The largest absolute Gasteiger partial charge is 0.314 e. The molecule has 2 aliphatic rings. The summed E-state index contributed by atoms with van der Waals surface area (Å²) >= 11 is 0. The molecule has 1 aliphatic carbocycles. The maximum Gasteiger partial charge on any atom is 0.194 e. The monoisotopic (exact) mass is 370 g/mol. The highest BCUT2D eigenvalue weighted by Gasteiger charge is 2.34. The molecule has 1 saturated heterocycles. The first kappa shape index (κ1) is 20.6. The van der Waals surface area contributed by atoms with Gasteiger partial charge in [0.05, 0.1) is 0 Å². The number of rotatable bonds is 3. The molecule has 0 spiro atoms. The van der Waals surface area contributed by atoms with Gasteiger partial charge < -0.3 is 5.32 Å². The van der Waals surface area contributed by atoms with E-state index in [1.165, 1.54) is 6.07 Å². The Morgan fingerprint density at radius 2 is 1.57 bits per heavy atom. The molecular formula is C16H23Cl2F3N2. The Labute approximate surface area is 147 Å². The second-order valence-corrected chi connectivity index (χ2v) is 6.04. The van der Waals surface area contributed by atoms with E-state index in [0.29, 0.717) is 11.5 Å². The number of nitrogens with zero attached hydrogens (tertiary/aromatic N) is 1. The fraction of sp³-hybridized carbons (Fsp3) is 0.625. The summed E-state index contributed by atoms with van der Waals surface area (Å²) < 4.78 is 41.1. The molecule has 1 heterocycles. The topological polar surface area (TPSA) is 15.3 Å². The maximum absolute atomic E-state index is 14.3. The van der Waals surface area contributed by atoms with E-state index >= 15 is 0 Å². The van der Waals surface area contributed by atoms with Crippen molar-refractivity contribution in [3.8, 4) is 0 Å². The van der Waals surface area contributed by atoms with E-state index < -0.39 is 17.5 Å². The van der Waals surface area contributed by atoms with Crippen molar-refractivity contribution in [3.05, 3.63) is 35.1 Å². The number of hydrogen-bond acceptors (Lipinski definition) is 2. The van der Waals surface area contributed by atoms with E-state index in [0.717, 1.165) is 57.9 Å². The summed E-state index contributed by atoms with van der Waals surface area (Å²) in [5.74, 6) is -3.12. The van der Waals surface area contributed by atoms with E-state index in [9.17, 15) is 13.2 Å². The molecule has 2 nitrogen and oxygen atoms in total. The van der Waals surface area contributed by atoms with Gasteiger partial charge in [-0.1, -0.05) is 18.9 Å². The van der Waals surface area contributed by atoms with Gasteiger partial charge in [0.1, 0.15) is 0 Å². The first-order chi connectivity index (χ1) is 10.2. The Morgan fingerprint density at radius 1 is 0.957 bits per heavy atom. The fourth-order valence-corrected chi connectivity index (χ4v) is 3.75. The normalized spacial score (nSPS) is 20.7. The highest BCUT2D eigenvalue weighted by atomic mass is 35.5. The SMILES string of the molecule is Cl.Cl.Fc1ccc([C@@H](C2CCCC2)N2CCNCC2)c(F)c1F. The van der Waals surface area contributed by atoms with E-state index in [1.807, 2.05) is 0 Å². The lowest BCUT2D eigenvalue weighted by Crippen LogP contribution is -2.47. The van der Waals surface area contributed by atoms with Gasteiger partial charge in [0.2, 0.25) is 0 Å². The van der Waals surface area contributed by atoms with Gasteiger partial charge >= 0.3 is 0 Å². The zero-order chi connectivity index (χ0) is 14.8. The average Bonchev–Trinajstić information content (AvgIpc) is 3.03. The van der Waals surface area contributed by atoms with Crippen molar-refractivity contribution >= 4 is 24.8 Å². The number of piperazine rings is 1. The first-order valence-electron chi connectivity index (χ1n) is 7.76. The first-order valence-corrected chi connectivity index (χ1v) is 7.76. The predicted molar refractivity (Wildman–Crippen MR) is 90.0 cm³/mol. The third-order valence-corrected chi connectivity index (χ3v) is 4.78. The van der Waals surface area contributed by atoms with Crippen LogP contribution in [0.15, 0.2) is 12.1 Å². The molecule has 1 aliphatic heterocycles. The molecule has 0 amide bonds. The summed E-state index contributed by atoms with van der Waals surface area (Å²) in [4.78, 5) is 2.22. The van der Waals surface area contributed by atoms with Crippen molar-refractivity contribution in [2.24, 2.45) is 5.92 Å². The molecule has 0 radical (unpaired) electrons. The summed E-state index contributed by atoms with van der Waals surface area (Å²) in [6.45, 7) is 3.35. The predicted octanol–water partition coefficient (Wildman–Crippen LogP) is 4.08. The zero-order valence-corrected chi connectivity index (χ0v) is 14.5. The minimum absolute atomic E-state index is 0. The van der Waals surface area contributed by atoms with Crippen LogP contribution in [0.3, 0.4) is 0 Å². The van der Waals surface area contributed by atoms with Crippen molar-refractivity contribution in [1.82, 2.24) is 10.2 Å². The Hall–Kier alpha value is -0.490. The van der Waals surface area contributed by atoms with Crippen molar-refractivity contribution in [2.75, 3.05) is 26.2 Å². The summed E-state index contributed by atoms with van der Waals surface area (Å²) in [5, 5.41) is 3.28. The van der Waals surface area contributed by atoms with Gasteiger partial charge in [-0.2, -0.15) is 0 Å². The second-order valence-electron chi connectivity index (χ2n) is 6.04. The lowest BCUT2D eigenvalue weighted by Gasteiger charge is -2.38. The lowest BCUT2D eigenvalue weighted by atomic mass is 9.89. The molecule has 0 unspecified atom stereocenters. The van der Waals surface area contributed by atoms with Crippen molar-refractivity contribution < 1.29 is 13.2 Å². The van der Waals surface area contributed by atoms with Crippen LogP contribution in [0.2, 0.25) is 0 Å². The maximum atomic E-state index is 14.3. The molecule has 1 atom stereocenters. The molecule has 1 N–H and O–H groups in total. The van der Waals surface area contributed by atoms with E-state index in [2.05, 4.69) is 10.2 Å². The number of halogens is 5. The van der Waals surface area contributed by atoms with Gasteiger partial charge in [0.25, 0.3) is 0 Å². The molecule has 1 saturated carbocycles. The number of nitrogens with one attached hydrogen (secondary N) is 1. The molecular weight excluding hydrogens is 348 g/mol. The van der Waals surface area contributed by atoms with Gasteiger partial charge in [0.15, 0.2) is 17.5 Å². The zero-order valence-electron chi connectivity index (χ0n) is 12.9. The molecule has 0 aromatic heterocycles. The van der Waals surface area contributed by atoms with Gasteiger partial charge in [-0.15, -0.1) is 24.8 Å². The summed E-state index contributed by atoms with van der Waals surface area (Å²) in [5.41, 5.74) is 0.322. The van der Waals surface area contributed by atoms with Gasteiger partial charge in [-0.05, 0) is 24.8 Å². The number of benzene rings is 1. The molecule has 7 heteroatoms. The lowest BCUT2D eigenvalue weighted by molar-refractivity contribution is 0.121. The summed E-state index contributed by atoms with van der Waals surface area (Å²) in [7, 11) is 0. The molecule has 132 valence electrons. The van der Waals surface area contributed by atoms with Crippen LogP contribution in [-0.2, 0) is 0 Å². The number of hydrogen-bond donors (Lipinski definition) is 1. The highest BCUT2D eigenvalue weighted by molar-refractivity contribution is 5.85. The molecule has 23 heavy (non-hydrogen) atoms. The highest BCUT2D eigenvalue weighted by Crippen LogP contribution is 2.41. The van der Waals surface area contributed by atoms with E-state index in [1.54, 1.807) is 0 Å². The van der Waals surface area contributed by atoms with Crippen LogP contribution in [0.1, 0.15) is 37.3 Å². The molecule has 2 fully saturated rings. The molecule has 0 bridgehead atoms. The fourth-order valence-electron chi connectivity index (χ4n) is 3.75. The van der Waals surface area contributed by atoms with Crippen molar-refractivity contribution in [2.45, 2.75) is 31.7 Å². The Kier molecular flexibility index (Phi) is 8.14. The molecule has 1 aromatic rings. The van der Waals surface area contributed by atoms with Crippen LogP contribution in [-0.4, -0.2) is 31.1 Å². The van der Waals surface area contributed by atoms with Crippen LogP contribution in [0.25, 0.3) is 0 Å². The molecule has 1 aromatic carbocycles. The Morgan fingerprint density at radius 3 is 2.17 bits per heavy atom. The average molecular weight is 371 g/mol. The molecule has 3 rings (SSSR count). The summed E-state index contributed by atoms with van der Waals surface area (Å²) in [6.07, 6.45) is 4.34. The van der Waals surface area contributed by atoms with Gasteiger partial charge in [0, 0.05) is 37.8 Å². The summed E-state index contributed by atoms with van der Waals surface area (Å²) in [6, 6.07) is 2.35. The third-order valence-electron chi connectivity index (χ3n) is 4.78. The van der Waals surface area contributed by atoms with Crippen LogP contribution < -0.4 is 5.32 Å². The minimum Gasteiger partial charge on any atom is -0.314 e. The van der Waals surface area contributed by atoms with Crippen molar-refractivity contribution in [1.29, 1.82) is 0 Å².